The summed E-state index contributed by atoms with van der Waals surface area (Å²) in [5.74, 6) is 0. The van der Waals surface area contributed by atoms with Crippen LogP contribution in [0.3, 0.4) is 0 Å². The van der Waals surface area contributed by atoms with Crippen molar-refractivity contribution in [1.29, 1.82) is 0 Å². The molecule has 0 aromatic carbocycles. The lowest BCUT2D eigenvalue weighted by Crippen LogP contribution is -2.39. The van der Waals surface area contributed by atoms with Crippen LogP contribution in [-0.4, -0.2) is 48.0 Å². The summed E-state index contributed by atoms with van der Waals surface area (Å²) in [6.45, 7) is 9.37. The SMILES string of the molecule is C=CC[N+](C)(C)CC=C.O=C(O)O. The molecule has 0 heterocycles. The summed E-state index contributed by atoms with van der Waals surface area (Å²) in [4.78, 5) is 8.56. The van der Waals surface area contributed by atoms with E-state index >= 15 is 0 Å². The molecule has 0 aliphatic heterocycles. The van der Waals surface area contributed by atoms with Gasteiger partial charge < -0.3 is 14.7 Å². The highest BCUT2D eigenvalue weighted by atomic mass is 16.6. The van der Waals surface area contributed by atoms with Crippen LogP contribution in [0.2, 0.25) is 0 Å². The van der Waals surface area contributed by atoms with Crippen LogP contribution in [0, 0.1) is 0 Å². The fourth-order valence-corrected chi connectivity index (χ4v) is 0.774. The quantitative estimate of drug-likeness (QED) is 0.521. The molecular formula is C9H18NO3+. The van der Waals surface area contributed by atoms with Gasteiger partial charge in [-0.05, 0) is 12.2 Å². The Hall–Kier alpha value is -1.29. The second-order valence-electron chi connectivity index (χ2n) is 3.16. The standard InChI is InChI=1S/C8H16N.CH2O3/c1-5-7-9(3,4)8-6-2;2-1(3)4/h5-6H,1-2,7-8H2,3-4H3;(H2,2,3,4)/q+1;. The first-order valence-corrected chi connectivity index (χ1v) is 3.81. The van der Waals surface area contributed by atoms with Crippen molar-refractivity contribution in [3.63, 3.8) is 0 Å². The van der Waals surface area contributed by atoms with Crippen LogP contribution < -0.4 is 0 Å². The van der Waals surface area contributed by atoms with Crippen LogP contribution in [0.4, 0.5) is 4.79 Å². The average molecular weight is 188 g/mol. The Bertz CT molecular complexity index is 160. The predicted molar refractivity (Wildman–Crippen MR) is 52.9 cm³/mol. The number of carbonyl (C=O) groups is 1. The molecule has 0 spiro atoms. The van der Waals surface area contributed by atoms with Crippen molar-refractivity contribution in [2.24, 2.45) is 0 Å². The fraction of sp³-hybridized carbons (Fsp3) is 0.444. The summed E-state index contributed by atoms with van der Waals surface area (Å²) in [5, 5.41) is 13.9. The van der Waals surface area contributed by atoms with Gasteiger partial charge in [0.25, 0.3) is 0 Å². The number of hydrogen-bond acceptors (Lipinski definition) is 1. The van der Waals surface area contributed by atoms with Gasteiger partial charge in [0, 0.05) is 0 Å². The molecule has 0 aliphatic carbocycles. The first kappa shape index (κ1) is 14.2. The molecule has 4 heteroatoms. The minimum absolute atomic E-state index is 0.951. The zero-order chi connectivity index (χ0) is 10.9. The number of quaternary nitrogens is 1. The number of likely N-dealkylation sites (N-methyl/N-ethyl adjacent to an activating group) is 1. The number of rotatable bonds is 4. The van der Waals surface area contributed by atoms with E-state index in [0.29, 0.717) is 0 Å². The molecule has 0 aromatic rings. The van der Waals surface area contributed by atoms with Gasteiger partial charge in [-0.15, -0.1) is 0 Å². The average Bonchev–Trinajstić information content (AvgIpc) is 1.84. The van der Waals surface area contributed by atoms with Crippen LogP contribution in [0.25, 0.3) is 0 Å². The predicted octanol–water partition coefficient (Wildman–Crippen LogP) is 1.66. The van der Waals surface area contributed by atoms with Crippen molar-refractivity contribution in [3.8, 4) is 0 Å². The molecule has 0 bridgehead atoms. The van der Waals surface area contributed by atoms with Crippen LogP contribution in [0.1, 0.15) is 0 Å². The summed E-state index contributed by atoms with van der Waals surface area (Å²) in [6.07, 6.45) is 2.03. The summed E-state index contributed by atoms with van der Waals surface area (Å²) in [5.41, 5.74) is 0. The number of carboxylic acid groups (broad SMARTS) is 2. The Kier molecular flexibility index (Phi) is 8.07. The summed E-state index contributed by atoms with van der Waals surface area (Å²) >= 11 is 0. The Morgan fingerprint density at radius 2 is 1.46 bits per heavy atom. The molecule has 13 heavy (non-hydrogen) atoms. The molecule has 0 aliphatic rings. The maximum Gasteiger partial charge on any atom is 0.503 e. The molecule has 0 amide bonds. The van der Waals surface area contributed by atoms with E-state index in [1.807, 2.05) is 12.2 Å². The smallest absolute Gasteiger partial charge is 0.450 e. The Morgan fingerprint density at radius 3 is 1.62 bits per heavy atom. The third-order valence-electron chi connectivity index (χ3n) is 1.25. The number of hydrogen-bond donors (Lipinski definition) is 2. The van der Waals surface area contributed by atoms with Gasteiger partial charge in [0.15, 0.2) is 0 Å². The molecular weight excluding hydrogens is 170 g/mol. The highest BCUT2D eigenvalue weighted by molar-refractivity contribution is 5.53. The van der Waals surface area contributed by atoms with E-state index in [0.717, 1.165) is 17.6 Å². The first-order chi connectivity index (χ1) is 5.85. The van der Waals surface area contributed by atoms with Crippen LogP contribution in [0.5, 0.6) is 0 Å². The lowest BCUT2D eigenvalue weighted by Gasteiger charge is -2.26. The Labute approximate surface area is 79.0 Å². The summed E-state index contributed by atoms with van der Waals surface area (Å²) in [7, 11) is 4.31. The first-order valence-electron chi connectivity index (χ1n) is 3.81. The third kappa shape index (κ3) is 18.0. The molecule has 0 saturated carbocycles. The van der Waals surface area contributed by atoms with Gasteiger partial charge in [-0.3, -0.25) is 0 Å². The Balaban J connectivity index is 0. The van der Waals surface area contributed by atoms with Crippen molar-refractivity contribution >= 4 is 6.16 Å². The second-order valence-corrected chi connectivity index (χ2v) is 3.16. The van der Waals surface area contributed by atoms with Gasteiger partial charge in [-0.2, -0.15) is 0 Å². The molecule has 2 N–H and O–H groups in total. The van der Waals surface area contributed by atoms with E-state index in [1.165, 1.54) is 0 Å². The monoisotopic (exact) mass is 188 g/mol. The van der Waals surface area contributed by atoms with Crippen molar-refractivity contribution in [1.82, 2.24) is 0 Å². The highest BCUT2D eigenvalue weighted by Gasteiger charge is 2.07. The molecule has 0 fully saturated rings. The van der Waals surface area contributed by atoms with Crippen molar-refractivity contribution in [3.05, 3.63) is 25.3 Å². The van der Waals surface area contributed by atoms with E-state index in [1.54, 1.807) is 0 Å². The van der Waals surface area contributed by atoms with Crippen molar-refractivity contribution < 1.29 is 19.5 Å². The topological polar surface area (TPSA) is 57.5 Å². The third-order valence-corrected chi connectivity index (χ3v) is 1.25. The molecule has 76 valence electrons. The maximum absolute atomic E-state index is 8.56. The second kappa shape index (κ2) is 7.36. The van der Waals surface area contributed by atoms with Crippen molar-refractivity contribution in [2.45, 2.75) is 0 Å². The summed E-state index contributed by atoms with van der Waals surface area (Å²) in [6, 6.07) is 0. The van der Waals surface area contributed by atoms with E-state index in [4.69, 9.17) is 15.0 Å². The minimum atomic E-state index is -1.83. The molecule has 0 rings (SSSR count). The fourth-order valence-electron chi connectivity index (χ4n) is 0.774. The molecule has 0 atom stereocenters. The van der Waals surface area contributed by atoms with Crippen LogP contribution in [-0.2, 0) is 0 Å². The maximum atomic E-state index is 8.56. The molecule has 0 unspecified atom stereocenters. The Morgan fingerprint density at radius 1 is 1.23 bits per heavy atom. The zero-order valence-electron chi connectivity index (χ0n) is 8.23. The largest absolute Gasteiger partial charge is 0.503 e. The molecule has 0 saturated heterocycles. The van der Waals surface area contributed by atoms with Gasteiger partial charge in [0.1, 0.15) is 0 Å². The van der Waals surface area contributed by atoms with Crippen LogP contribution in [0.15, 0.2) is 25.3 Å². The van der Waals surface area contributed by atoms with Crippen LogP contribution >= 0.6 is 0 Å². The molecule has 0 aromatic heterocycles. The lowest BCUT2D eigenvalue weighted by atomic mass is 10.4. The van der Waals surface area contributed by atoms with Gasteiger partial charge >= 0.3 is 6.16 Å². The normalized spacial score (nSPS) is 9.38. The summed E-state index contributed by atoms with van der Waals surface area (Å²) < 4.78 is 0.951. The van der Waals surface area contributed by atoms with E-state index in [2.05, 4.69) is 27.3 Å². The van der Waals surface area contributed by atoms with Gasteiger partial charge in [-0.25, -0.2) is 4.79 Å². The van der Waals surface area contributed by atoms with Gasteiger partial charge in [0.05, 0.1) is 27.2 Å². The lowest BCUT2D eigenvalue weighted by molar-refractivity contribution is -0.878. The molecule has 0 radical (unpaired) electrons. The van der Waals surface area contributed by atoms with Gasteiger partial charge in [0.2, 0.25) is 0 Å². The van der Waals surface area contributed by atoms with Gasteiger partial charge in [-0.1, -0.05) is 13.2 Å². The number of nitrogens with zero attached hydrogens (tertiary/aromatic N) is 1. The van der Waals surface area contributed by atoms with E-state index < -0.39 is 6.16 Å². The van der Waals surface area contributed by atoms with E-state index in [9.17, 15) is 0 Å². The van der Waals surface area contributed by atoms with E-state index in [-0.39, 0.29) is 0 Å². The van der Waals surface area contributed by atoms with Crippen molar-refractivity contribution in [2.75, 3.05) is 27.2 Å². The zero-order valence-corrected chi connectivity index (χ0v) is 8.23. The highest BCUT2D eigenvalue weighted by Crippen LogP contribution is 1.95. The molecule has 4 nitrogen and oxygen atoms in total. The minimum Gasteiger partial charge on any atom is -0.450 e.